The molecule has 0 spiro atoms. The molecule has 0 amide bonds. The van der Waals surface area contributed by atoms with Crippen LogP contribution in [0.1, 0.15) is 17.9 Å². The number of benzene rings is 9. The van der Waals surface area contributed by atoms with Crippen LogP contribution in [0.3, 0.4) is 0 Å². The topological polar surface area (TPSA) is 3.24 Å². The number of nitrogens with zero attached hydrogens (tertiary/aromatic N) is 1. The second-order valence-corrected chi connectivity index (χ2v) is 15.4. The fraction of sp³-hybridized carbons (Fsp3) is 0.0385. The van der Waals surface area contributed by atoms with Crippen LogP contribution in [0.15, 0.2) is 194 Å². The van der Waals surface area contributed by atoms with E-state index in [0.29, 0.717) is 5.92 Å². The van der Waals surface area contributed by atoms with Gasteiger partial charge in [-0.2, -0.15) is 0 Å². The molecule has 0 fully saturated rings. The molecule has 0 bridgehead atoms. The van der Waals surface area contributed by atoms with Gasteiger partial charge >= 0.3 is 0 Å². The minimum atomic E-state index is 0.396. The lowest BCUT2D eigenvalue weighted by molar-refractivity contribution is 0.854. The van der Waals surface area contributed by atoms with Crippen LogP contribution in [0.2, 0.25) is 0 Å². The van der Waals surface area contributed by atoms with Crippen molar-refractivity contribution < 1.29 is 0 Å². The molecular formula is C52H35NS. The Morgan fingerprint density at radius 2 is 1.07 bits per heavy atom. The van der Waals surface area contributed by atoms with E-state index in [1.54, 1.807) is 0 Å². The minimum absolute atomic E-state index is 0.396. The summed E-state index contributed by atoms with van der Waals surface area (Å²) in [5.74, 6) is 0.396. The van der Waals surface area contributed by atoms with E-state index >= 15 is 0 Å². The average molecular weight is 706 g/mol. The first kappa shape index (κ1) is 31.1. The van der Waals surface area contributed by atoms with Gasteiger partial charge in [-0.3, -0.25) is 0 Å². The summed E-state index contributed by atoms with van der Waals surface area (Å²) < 4.78 is 2.67. The third-order valence-electron chi connectivity index (χ3n) is 11.4. The third kappa shape index (κ3) is 4.91. The highest BCUT2D eigenvalue weighted by Crippen LogP contribution is 2.48. The quantitative estimate of drug-likeness (QED) is 0.161. The summed E-state index contributed by atoms with van der Waals surface area (Å²) in [7, 11) is 0. The van der Waals surface area contributed by atoms with E-state index in [9.17, 15) is 0 Å². The molecule has 1 aliphatic carbocycles. The highest BCUT2D eigenvalue weighted by Gasteiger charge is 2.22. The number of hydrogen-bond donors (Lipinski definition) is 0. The Bertz CT molecular complexity index is 3140. The van der Waals surface area contributed by atoms with Crippen molar-refractivity contribution in [1.82, 2.24) is 0 Å². The van der Waals surface area contributed by atoms with Crippen molar-refractivity contribution in [3.05, 3.63) is 200 Å². The zero-order valence-electron chi connectivity index (χ0n) is 29.6. The molecule has 1 nitrogen and oxygen atoms in total. The van der Waals surface area contributed by atoms with Crippen LogP contribution in [-0.2, 0) is 0 Å². The average Bonchev–Trinajstić information content (AvgIpc) is 3.64. The van der Waals surface area contributed by atoms with E-state index in [2.05, 4.69) is 199 Å². The fourth-order valence-corrected chi connectivity index (χ4v) is 10.0. The molecule has 1 unspecified atom stereocenters. The van der Waals surface area contributed by atoms with Crippen LogP contribution in [0.25, 0.3) is 74.4 Å². The number of allylic oxidation sites excluding steroid dienone is 4. The summed E-state index contributed by atoms with van der Waals surface area (Å²) in [5.41, 5.74) is 7.33. The SMILES string of the molecule is C1=CCC(c2ccc(N(c3ccc(-c4cc5ccccc5c5ccccc45)c4ccccc34)c3cccc4c3ccc3c5ccccc5sc43)cc2)C=C1. The molecule has 0 N–H and O–H groups in total. The van der Waals surface area contributed by atoms with Crippen molar-refractivity contribution in [3.8, 4) is 11.1 Å². The Labute approximate surface area is 318 Å². The molecule has 2 heteroatoms. The Balaban J connectivity index is 1.16. The fourth-order valence-electron chi connectivity index (χ4n) is 8.82. The van der Waals surface area contributed by atoms with E-state index in [0.717, 1.165) is 17.8 Å². The van der Waals surface area contributed by atoms with Gasteiger partial charge in [0, 0.05) is 47.9 Å². The molecule has 1 atom stereocenters. The molecule has 10 aromatic rings. The summed E-state index contributed by atoms with van der Waals surface area (Å²) in [4.78, 5) is 2.49. The van der Waals surface area contributed by atoms with Gasteiger partial charge in [0.25, 0.3) is 0 Å². The standard InChI is InChI=1S/C52H35NS/c1-2-13-34(14-3-1)35-25-27-37(28-26-35)53(49-23-12-22-46-44(49)29-30-47-45-21-10-11-24-51(45)54-52(46)47)50-32-31-42(40-18-8-9-20-43(40)50)48-33-36-15-4-5-16-38(36)39-17-6-7-19-41(39)48/h1-13,15-34H,14H2. The van der Waals surface area contributed by atoms with Gasteiger partial charge in [0.05, 0.1) is 11.4 Å². The number of thiophene rings is 1. The predicted octanol–water partition coefficient (Wildman–Crippen LogP) is 15.4. The second kappa shape index (κ2) is 12.6. The first-order chi connectivity index (χ1) is 26.8. The number of rotatable bonds is 5. The minimum Gasteiger partial charge on any atom is -0.309 e. The monoisotopic (exact) mass is 705 g/mol. The number of anilines is 3. The van der Waals surface area contributed by atoms with Crippen LogP contribution in [0.4, 0.5) is 17.1 Å². The van der Waals surface area contributed by atoms with Gasteiger partial charge in [-0.15, -0.1) is 11.3 Å². The Morgan fingerprint density at radius 3 is 1.89 bits per heavy atom. The van der Waals surface area contributed by atoms with Crippen molar-refractivity contribution >= 4 is 91.7 Å². The van der Waals surface area contributed by atoms with E-state index in [-0.39, 0.29) is 0 Å². The largest absolute Gasteiger partial charge is 0.309 e. The zero-order valence-corrected chi connectivity index (χ0v) is 30.4. The summed E-state index contributed by atoms with van der Waals surface area (Å²) in [5, 5.41) is 12.7. The Kier molecular flexibility index (Phi) is 7.24. The highest BCUT2D eigenvalue weighted by atomic mass is 32.1. The van der Waals surface area contributed by atoms with Crippen molar-refractivity contribution in [3.63, 3.8) is 0 Å². The normalized spacial score (nSPS) is 14.3. The summed E-state index contributed by atoms with van der Waals surface area (Å²) >= 11 is 1.89. The highest BCUT2D eigenvalue weighted by molar-refractivity contribution is 7.26. The predicted molar refractivity (Wildman–Crippen MR) is 235 cm³/mol. The summed E-state index contributed by atoms with van der Waals surface area (Å²) in [6.45, 7) is 0. The van der Waals surface area contributed by atoms with Gasteiger partial charge in [0.15, 0.2) is 0 Å². The molecule has 1 aliphatic rings. The maximum Gasteiger partial charge on any atom is 0.0540 e. The molecule has 0 saturated heterocycles. The molecule has 11 rings (SSSR count). The van der Waals surface area contributed by atoms with Crippen molar-refractivity contribution in [2.24, 2.45) is 0 Å². The number of fused-ring (bicyclic) bond motifs is 9. The van der Waals surface area contributed by atoms with Gasteiger partial charge in [0.2, 0.25) is 0 Å². The molecule has 1 heterocycles. The van der Waals surface area contributed by atoms with Crippen molar-refractivity contribution in [2.75, 3.05) is 4.90 Å². The zero-order chi connectivity index (χ0) is 35.6. The lowest BCUT2D eigenvalue weighted by Gasteiger charge is -2.29. The maximum atomic E-state index is 2.49. The smallest absolute Gasteiger partial charge is 0.0540 e. The second-order valence-electron chi connectivity index (χ2n) is 14.4. The van der Waals surface area contributed by atoms with Crippen molar-refractivity contribution in [1.29, 1.82) is 0 Å². The lowest BCUT2D eigenvalue weighted by Crippen LogP contribution is -2.11. The van der Waals surface area contributed by atoms with E-state index < -0.39 is 0 Å². The maximum absolute atomic E-state index is 2.49. The van der Waals surface area contributed by atoms with E-state index in [1.807, 2.05) is 11.3 Å². The van der Waals surface area contributed by atoms with Gasteiger partial charge in [-0.25, -0.2) is 0 Å². The first-order valence-corrected chi connectivity index (χ1v) is 19.6. The van der Waals surface area contributed by atoms with Crippen LogP contribution < -0.4 is 4.90 Å². The third-order valence-corrected chi connectivity index (χ3v) is 12.6. The molecule has 0 saturated carbocycles. The van der Waals surface area contributed by atoms with E-state index in [1.165, 1.54) is 85.6 Å². The first-order valence-electron chi connectivity index (χ1n) is 18.8. The Hall–Kier alpha value is -6.48. The van der Waals surface area contributed by atoms with Gasteiger partial charge in [-0.1, -0.05) is 158 Å². The van der Waals surface area contributed by atoms with Crippen molar-refractivity contribution in [2.45, 2.75) is 12.3 Å². The molecule has 54 heavy (non-hydrogen) atoms. The summed E-state index contributed by atoms with van der Waals surface area (Å²) in [6.07, 6.45) is 9.93. The number of hydrogen-bond acceptors (Lipinski definition) is 2. The van der Waals surface area contributed by atoms with Crippen LogP contribution in [0.5, 0.6) is 0 Å². The Morgan fingerprint density at radius 1 is 0.444 bits per heavy atom. The molecule has 9 aromatic carbocycles. The molecular weight excluding hydrogens is 671 g/mol. The van der Waals surface area contributed by atoms with Gasteiger partial charge < -0.3 is 4.90 Å². The molecule has 254 valence electrons. The van der Waals surface area contributed by atoms with E-state index in [4.69, 9.17) is 0 Å². The van der Waals surface area contributed by atoms with Crippen LogP contribution in [0, 0.1) is 0 Å². The van der Waals surface area contributed by atoms with Gasteiger partial charge in [0.1, 0.15) is 0 Å². The van der Waals surface area contributed by atoms with Crippen LogP contribution in [-0.4, -0.2) is 0 Å². The molecule has 0 radical (unpaired) electrons. The van der Waals surface area contributed by atoms with Gasteiger partial charge in [-0.05, 0) is 86.4 Å². The molecule has 1 aromatic heterocycles. The summed E-state index contributed by atoms with van der Waals surface area (Å²) in [6, 6.07) is 63.2. The molecule has 0 aliphatic heterocycles. The lowest BCUT2D eigenvalue weighted by atomic mass is 9.90. The van der Waals surface area contributed by atoms with Crippen LogP contribution >= 0.6 is 11.3 Å².